The smallest absolute Gasteiger partial charge is 0.223 e. The molecule has 2 aromatic rings. The minimum absolute atomic E-state index is 0.0375. The normalized spacial score (nSPS) is 17.3. The molecule has 1 fully saturated rings. The van der Waals surface area contributed by atoms with Gasteiger partial charge in [0, 0.05) is 37.4 Å². The first kappa shape index (κ1) is 17.0. The molecular weight excluding hydrogens is 345 g/mol. The molecule has 0 bridgehead atoms. The standard InChI is InChI=1S/C19H17Cl2NO2/c20-16-7-6-14(10-17(16)21)18(23)8-9-22-12-15(11-19(22)24)13-4-2-1-3-5-13/h1-7,10,15H,8-9,11-12H2/t15-/m1/s1. The van der Waals surface area contributed by atoms with Crippen LogP contribution in [0.2, 0.25) is 10.0 Å². The molecule has 2 aromatic carbocycles. The number of nitrogens with zero attached hydrogens (tertiary/aromatic N) is 1. The van der Waals surface area contributed by atoms with Crippen molar-refractivity contribution in [3.8, 4) is 0 Å². The van der Waals surface area contributed by atoms with Crippen molar-refractivity contribution in [1.29, 1.82) is 0 Å². The molecular formula is C19H17Cl2NO2. The Bertz CT molecular complexity index is 761. The fraction of sp³-hybridized carbons (Fsp3) is 0.263. The number of hydrogen-bond acceptors (Lipinski definition) is 2. The van der Waals surface area contributed by atoms with Gasteiger partial charge in [0.25, 0.3) is 0 Å². The van der Waals surface area contributed by atoms with Crippen molar-refractivity contribution in [3.63, 3.8) is 0 Å². The maximum Gasteiger partial charge on any atom is 0.223 e. The lowest BCUT2D eigenvalue weighted by Crippen LogP contribution is -2.27. The average Bonchev–Trinajstić information content (AvgIpc) is 2.97. The molecule has 124 valence electrons. The summed E-state index contributed by atoms with van der Waals surface area (Å²) >= 11 is 11.8. The van der Waals surface area contributed by atoms with Crippen molar-refractivity contribution in [2.45, 2.75) is 18.8 Å². The van der Waals surface area contributed by atoms with E-state index in [0.29, 0.717) is 35.1 Å². The predicted molar refractivity (Wildman–Crippen MR) is 95.8 cm³/mol. The fourth-order valence-electron chi connectivity index (χ4n) is 2.99. The predicted octanol–water partition coefficient (Wildman–Crippen LogP) is 4.58. The molecule has 1 heterocycles. The average molecular weight is 362 g/mol. The van der Waals surface area contributed by atoms with Crippen LogP contribution < -0.4 is 0 Å². The van der Waals surface area contributed by atoms with Crippen molar-refractivity contribution in [2.24, 2.45) is 0 Å². The molecule has 3 nitrogen and oxygen atoms in total. The molecule has 0 spiro atoms. The van der Waals surface area contributed by atoms with E-state index < -0.39 is 0 Å². The van der Waals surface area contributed by atoms with Gasteiger partial charge in [0.2, 0.25) is 5.91 Å². The van der Waals surface area contributed by atoms with Crippen LogP contribution in [0, 0.1) is 0 Å². The van der Waals surface area contributed by atoms with E-state index >= 15 is 0 Å². The van der Waals surface area contributed by atoms with Gasteiger partial charge < -0.3 is 4.90 Å². The Labute approximate surface area is 151 Å². The maximum absolute atomic E-state index is 12.3. The van der Waals surface area contributed by atoms with E-state index in [1.807, 2.05) is 30.3 Å². The molecule has 0 aliphatic carbocycles. The monoisotopic (exact) mass is 361 g/mol. The number of halogens is 2. The molecule has 0 radical (unpaired) electrons. The van der Waals surface area contributed by atoms with Crippen LogP contribution in [0.1, 0.15) is 34.7 Å². The van der Waals surface area contributed by atoms with Crippen LogP contribution >= 0.6 is 23.2 Å². The summed E-state index contributed by atoms with van der Waals surface area (Å²) in [7, 11) is 0. The summed E-state index contributed by atoms with van der Waals surface area (Å²) < 4.78 is 0. The van der Waals surface area contributed by atoms with Crippen LogP contribution in [0.25, 0.3) is 0 Å². The van der Waals surface area contributed by atoms with Gasteiger partial charge in [-0.1, -0.05) is 53.5 Å². The SMILES string of the molecule is O=C(CCN1C[C@H](c2ccccc2)CC1=O)c1ccc(Cl)c(Cl)c1. The molecule has 24 heavy (non-hydrogen) atoms. The summed E-state index contributed by atoms with van der Waals surface area (Å²) in [4.78, 5) is 26.2. The first-order valence-corrected chi connectivity index (χ1v) is 8.61. The zero-order valence-corrected chi connectivity index (χ0v) is 14.6. The number of rotatable bonds is 5. The minimum atomic E-state index is -0.0375. The number of hydrogen-bond donors (Lipinski definition) is 0. The molecule has 1 saturated heterocycles. The first-order valence-electron chi connectivity index (χ1n) is 7.85. The van der Waals surface area contributed by atoms with Crippen LogP contribution in [-0.2, 0) is 4.79 Å². The molecule has 1 aliphatic heterocycles. The summed E-state index contributed by atoms with van der Waals surface area (Å²) in [5.41, 5.74) is 1.69. The summed E-state index contributed by atoms with van der Waals surface area (Å²) in [5, 5.41) is 0.789. The second-order valence-electron chi connectivity index (χ2n) is 5.95. The Hall–Kier alpha value is -1.84. The Morgan fingerprint density at radius 3 is 2.54 bits per heavy atom. The van der Waals surface area contributed by atoms with Crippen molar-refractivity contribution >= 4 is 34.9 Å². The summed E-state index contributed by atoms with van der Waals surface area (Å²) in [6.07, 6.45) is 0.788. The maximum atomic E-state index is 12.3. The Balaban J connectivity index is 1.59. The molecule has 3 rings (SSSR count). The summed E-state index contributed by atoms with van der Waals surface area (Å²) in [5.74, 6) is 0.272. The lowest BCUT2D eigenvalue weighted by molar-refractivity contribution is -0.127. The highest BCUT2D eigenvalue weighted by molar-refractivity contribution is 6.42. The topological polar surface area (TPSA) is 37.4 Å². The van der Waals surface area contributed by atoms with E-state index in [4.69, 9.17) is 23.2 Å². The van der Waals surface area contributed by atoms with E-state index in [1.54, 1.807) is 23.1 Å². The van der Waals surface area contributed by atoms with E-state index in [-0.39, 0.29) is 24.0 Å². The zero-order chi connectivity index (χ0) is 17.1. The van der Waals surface area contributed by atoms with Gasteiger partial charge in [-0.15, -0.1) is 0 Å². The van der Waals surface area contributed by atoms with Crippen molar-refractivity contribution in [1.82, 2.24) is 4.90 Å². The third-order valence-electron chi connectivity index (χ3n) is 4.34. The molecule has 0 aromatic heterocycles. The van der Waals surface area contributed by atoms with Gasteiger partial charge in [-0.05, 0) is 23.8 Å². The number of Topliss-reactive ketones (excluding diaryl/α,β-unsaturated/α-hetero) is 1. The van der Waals surface area contributed by atoms with Crippen LogP contribution in [0.15, 0.2) is 48.5 Å². The molecule has 0 saturated carbocycles. The van der Waals surface area contributed by atoms with Gasteiger partial charge in [-0.3, -0.25) is 9.59 Å². The molecule has 0 N–H and O–H groups in total. The highest BCUT2D eigenvalue weighted by atomic mass is 35.5. The van der Waals surface area contributed by atoms with Crippen molar-refractivity contribution < 1.29 is 9.59 Å². The number of likely N-dealkylation sites (tertiary alicyclic amines) is 1. The number of carbonyl (C=O) groups excluding carboxylic acids is 2. The van der Waals surface area contributed by atoms with E-state index in [0.717, 1.165) is 0 Å². The number of carbonyl (C=O) groups is 2. The van der Waals surface area contributed by atoms with E-state index in [1.165, 1.54) is 5.56 Å². The number of benzene rings is 2. The van der Waals surface area contributed by atoms with Crippen LogP contribution in [0.5, 0.6) is 0 Å². The third kappa shape index (κ3) is 3.80. The van der Waals surface area contributed by atoms with E-state index in [9.17, 15) is 9.59 Å². The van der Waals surface area contributed by atoms with Crippen LogP contribution in [0.4, 0.5) is 0 Å². The lowest BCUT2D eigenvalue weighted by atomic mass is 9.98. The molecule has 1 atom stereocenters. The largest absolute Gasteiger partial charge is 0.342 e. The highest BCUT2D eigenvalue weighted by Crippen LogP contribution is 2.28. The summed E-state index contributed by atoms with van der Waals surface area (Å²) in [6, 6.07) is 14.9. The summed E-state index contributed by atoms with van der Waals surface area (Å²) in [6.45, 7) is 1.10. The van der Waals surface area contributed by atoms with Gasteiger partial charge in [0.15, 0.2) is 5.78 Å². The number of amides is 1. The second kappa shape index (κ2) is 7.37. The quantitative estimate of drug-likeness (QED) is 0.730. The molecule has 0 unspecified atom stereocenters. The second-order valence-corrected chi connectivity index (χ2v) is 6.77. The number of ketones is 1. The van der Waals surface area contributed by atoms with Gasteiger partial charge in [0.1, 0.15) is 0 Å². The Morgan fingerprint density at radius 1 is 1.08 bits per heavy atom. The van der Waals surface area contributed by atoms with Gasteiger partial charge in [0.05, 0.1) is 10.0 Å². The zero-order valence-electron chi connectivity index (χ0n) is 13.0. The third-order valence-corrected chi connectivity index (χ3v) is 5.07. The van der Waals surface area contributed by atoms with Gasteiger partial charge >= 0.3 is 0 Å². The van der Waals surface area contributed by atoms with Crippen molar-refractivity contribution in [3.05, 3.63) is 69.7 Å². The highest BCUT2D eigenvalue weighted by Gasteiger charge is 2.30. The fourth-order valence-corrected chi connectivity index (χ4v) is 3.29. The van der Waals surface area contributed by atoms with Gasteiger partial charge in [-0.2, -0.15) is 0 Å². The minimum Gasteiger partial charge on any atom is -0.342 e. The van der Waals surface area contributed by atoms with Crippen LogP contribution in [0.3, 0.4) is 0 Å². The molecule has 1 aliphatic rings. The molecule has 1 amide bonds. The Morgan fingerprint density at radius 2 is 1.83 bits per heavy atom. The van der Waals surface area contributed by atoms with Crippen molar-refractivity contribution in [2.75, 3.05) is 13.1 Å². The molecule has 5 heteroatoms. The first-order chi connectivity index (χ1) is 11.5. The lowest BCUT2D eigenvalue weighted by Gasteiger charge is -2.16. The Kier molecular flexibility index (Phi) is 5.22. The van der Waals surface area contributed by atoms with E-state index in [2.05, 4.69) is 0 Å². The van der Waals surface area contributed by atoms with Gasteiger partial charge in [-0.25, -0.2) is 0 Å². The van der Waals surface area contributed by atoms with Crippen LogP contribution in [-0.4, -0.2) is 29.7 Å².